The predicted molar refractivity (Wildman–Crippen MR) is 105 cm³/mol. The first-order valence-corrected chi connectivity index (χ1v) is 8.38. The highest BCUT2D eigenvalue weighted by atomic mass is 16.5. The molecule has 144 valence electrons. The molecule has 0 heterocycles. The van der Waals surface area contributed by atoms with E-state index in [1.54, 1.807) is 49.4 Å². The molecule has 0 saturated heterocycles. The van der Waals surface area contributed by atoms with Crippen molar-refractivity contribution in [2.45, 2.75) is 6.92 Å². The minimum atomic E-state index is -0.475. The fraction of sp³-hybridized carbons (Fsp3) is 0.263. The van der Waals surface area contributed by atoms with Crippen molar-refractivity contribution in [1.82, 2.24) is 0 Å². The number of carbonyl (C=O) groups excluding carboxylic acids is 2. The number of para-hydroxylation sites is 2. The van der Waals surface area contributed by atoms with Crippen LogP contribution >= 0.6 is 0 Å². The summed E-state index contributed by atoms with van der Waals surface area (Å²) in [5, 5.41) is 8.19. The SMILES string of the molecule is COc1ccccc1NC(=O)Nc1cc(NC(=O)C(C)CN)ccc1OC. The van der Waals surface area contributed by atoms with Crippen LogP contribution in [0.1, 0.15) is 6.92 Å². The Bertz CT molecular complexity index is 810. The largest absolute Gasteiger partial charge is 0.495 e. The van der Waals surface area contributed by atoms with E-state index in [4.69, 9.17) is 15.2 Å². The van der Waals surface area contributed by atoms with Crippen LogP contribution in [-0.4, -0.2) is 32.7 Å². The van der Waals surface area contributed by atoms with Gasteiger partial charge in [0.15, 0.2) is 0 Å². The average Bonchev–Trinajstić information content (AvgIpc) is 2.67. The number of carbonyl (C=O) groups is 2. The lowest BCUT2D eigenvalue weighted by Crippen LogP contribution is -2.26. The predicted octanol–water partition coefficient (Wildman–Crippen LogP) is 2.88. The first-order chi connectivity index (χ1) is 13.0. The fourth-order valence-electron chi connectivity index (χ4n) is 2.28. The monoisotopic (exact) mass is 372 g/mol. The summed E-state index contributed by atoms with van der Waals surface area (Å²) < 4.78 is 10.5. The molecule has 0 aliphatic carbocycles. The van der Waals surface area contributed by atoms with Gasteiger partial charge in [-0.25, -0.2) is 4.79 Å². The summed E-state index contributed by atoms with van der Waals surface area (Å²) in [6, 6.07) is 11.5. The normalized spacial score (nSPS) is 11.3. The minimum absolute atomic E-state index is 0.202. The zero-order valence-corrected chi connectivity index (χ0v) is 15.5. The molecule has 0 aliphatic rings. The second-order valence-corrected chi connectivity index (χ2v) is 5.82. The van der Waals surface area contributed by atoms with Crippen molar-refractivity contribution in [2.75, 3.05) is 36.7 Å². The summed E-state index contributed by atoms with van der Waals surface area (Å²) in [6.45, 7) is 1.98. The average molecular weight is 372 g/mol. The maximum absolute atomic E-state index is 12.4. The lowest BCUT2D eigenvalue weighted by Gasteiger charge is -2.15. The fourth-order valence-corrected chi connectivity index (χ4v) is 2.28. The van der Waals surface area contributed by atoms with Crippen molar-refractivity contribution in [3.63, 3.8) is 0 Å². The first kappa shape index (κ1) is 20.1. The number of ether oxygens (including phenoxy) is 2. The van der Waals surface area contributed by atoms with E-state index >= 15 is 0 Å². The van der Waals surface area contributed by atoms with Gasteiger partial charge in [0.05, 0.1) is 25.6 Å². The molecule has 8 nitrogen and oxygen atoms in total. The van der Waals surface area contributed by atoms with Gasteiger partial charge in [-0.15, -0.1) is 0 Å². The molecule has 2 aromatic rings. The number of amides is 3. The Labute approximate surface area is 158 Å². The number of hydrogen-bond donors (Lipinski definition) is 4. The molecule has 0 bridgehead atoms. The molecule has 1 atom stereocenters. The van der Waals surface area contributed by atoms with Crippen LogP contribution in [0.25, 0.3) is 0 Å². The van der Waals surface area contributed by atoms with Crippen molar-refractivity contribution in [2.24, 2.45) is 11.7 Å². The molecule has 8 heteroatoms. The van der Waals surface area contributed by atoms with Gasteiger partial charge in [-0.3, -0.25) is 4.79 Å². The molecular formula is C19H24N4O4. The second-order valence-electron chi connectivity index (χ2n) is 5.82. The molecule has 0 spiro atoms. The van der Waals surface area contributed by atoms with Crippen LogP contribution in [-0.2, 0) is 4.79 Å². The zero-order valence-electron chi connectivity index (χ0n) is 15.5. The molecule has 1 unspecified atom stereocenters. The van der Waals surface area contributed by atoms with Crippen LogP contribution in [0.2, 0.25) is 0 Å². The van der Waals surface area contributed by atoms with Crippen molar-refractivity contribution in [3.05, 3.63) is 42.5 Å². The van der Waals surface area contributed by atoms with Crippen LogP contribution in [0.3, 0.4) is 0 Å². The standard InChI is InChI=1S/C19H24N4O4/c1-12(11-20)18(24)21-13-8-9-17(27-3)15(10-13)23-19(25)22-14-6-4-5-7-16(14)26-2/h4-10,12H,11,20H2,1-3H3,(H,21,24)(H2,22,23,25). The quantitative estimate of drug-likeness (QED) is 0.597. The lowest BCUT2D eigenvalue weighted by molar-refractivity contribution is -0.119. The molecular weight excluding hydrogens is 348 g/mol. The Hall–Kier alpha value is -3.26. The van der Waals surface area contributed by atoms with E-state index < -0.39 is 6.03 Å². The van der Waals surface area contributed by atoms with Gasteiger partial charge in [0.25, 0.3) is 0 Å². The number of hydrogen-bond acceptors (Lipinski definition) is 5. The van der Waals surface area contributed by atoms with Crippen molar-refractivity contribution in [1.29, 1.82) is 0 Å². The minimum Gasteiger partial charge on any atom is -0.495 e. The molecule has 2 rings (SSSR count). The second kappa shape index (κ2) is 9.44. The summed E-state index contributed by atoms with van der Waals surface area (Å²) in [5.41, 5.74) is 6.96. The van der Waals surface area contributed by atoms with E-state index in [-0.39, 0.29) is 18.4 Å². The number of urea groups is 1. The molecule has 0 saturated carbocycles. The van der Waals surface area contributed by atoms with Gasteiger partial charge in [0.1, 0.15) is 11.5 Å². The summed E-state index contributed by atoms with van der Waals surface area (Å²) in [7, 11) is 3.02. The van der Waals surface area contributed by atoms with Crippen molar-refractivity contribution >= 4 is 29.0 Å². The summed E-state index contributed by atoms with van der Waals surface area (Å²) in [5.74, 6) is 0.468. The van der Waals surface area contributed by atoms with E-state index in [2.05, 4.69) is 16.0 Å². The number of methoxy groups -OCH3 is 2. The van der Waals surface area contributed by atoms with Crippen molar-refractivity contribution < 1.29 is 19.1 Å². The maximum atomic E-state index is 12.4. The van der Waals surface area contributed by atoms with Gasteiger partial charge in [0.2, 0.25) is 5.91 Å². The van der Waals surface area contributed by atoms with Gasteiger partial charge < -0.3 is 31.2 Å². The highest BCUT2D eigenvalue weighted by Gasteiger charge is 2.14. The molecule has 0 aromatic heterocycles. The van der Waals surface area contributed by atoms with E-state index in [1.807, 2.05) is 0 Å². The topological polar surface area (TPSA) is 115 Å². The van der Waals surface area contributed by atoms with Crippen LogP contribution < -0.4 is 31.2 Å². The maximum Gasteiger partial charge on any atom is 0.323 e. The Kier molecular flexibility index (Phi) is 7.01. The number of anilines is 3. The highest BCUT2D eigenvalue weighted by Crippen LogP contribution is 2.29. The molecule has 0 fully saturated rings. The van der Waals surface area contributed by atoms with E-state index in [0.717, 1.165) is 0 Å². The summed E-state index contributed by atoms with van der Waals surface area (Å²) in [4.78, 5) is 24.4. The number of rotatable bonds is 7. The third-order valence-electron chi connectivity index (χ3n) is 3.87. The van der Waals surface area contributed by atoms with Gasteiger partial charge in [0, 0.05) is 18.2 Å². The Morgan fingerprint density at radius 1 is 0.963 bits per heavy atom. The van der Waals surface area contributed by atoms with Crippen molar-refractivity contribution in [3.8, 4) is 11.5 Å². The molecule has 3 amide bonds. The van der Waals surface area contributed by atoms with Gasteiger partial charge in [-0.1, -0.05) is 19.1 Å². The van der Waals surface area contributed by atoms with Gasteiger partial charge in [-0.05, 0) is 30.3 Å². The smallest absolute Gasteiger partial charge is 0.323 e. The van der Waals surface area contributed by atoms with Gasteiger partial charge in [-0.2, -0.15) is 0 Å². The number of benzene rings is 2. The molecule has 2 aromatic carbocycles. The van der Waals surface area contributed by atoms with E-state index in [1.165, 1.54) is 14.2 Å². The third-order valence-corrected chi connectivity index (χ3v) is 3.87. The zero-order chi connectivity index (χ0) is 19.8. The number of nitrogens with one attached hydrogen (secondary N) is 3. The highest BCUT2D eigenvalue weighted by molar-refractivity contribution is 6.02. The Morgan fingerprint density at radius 3 is 2.26 bits per heavy atom. The van der Waals surface area contributed by atoms with Crippen LogP contribution in [0, 0.1) is 5.92 Å². The van der Waals surface area contributed by atoms with Crippen LogP contribution in [0.4, 0.5) is 21.9 Å². The van der Waals surface area contributed by atoms with E-state index in [0.29, 0.717) is 28.6 Å². The summed E-state index contributed by atoms with van der Waals surface area (Å²) >= 11 is 0. The molecule has 0 radical (unpaired) electrons. The first-order valence-electron chi connectivity index (χ1n) is 8.38. The lowest BCUT2D eigenvalue weighted by atomic mass is 10.1. The van der Waals surface area contributed by atoms with Gasteiger partial charge >= 0.3 is 6.03 Å². The summed E-state index contributed by atoms with van der Waals surface area (Å²) in [6.07, 6.45) is 0. The van der Waals surface area contributed by atoms with Crippen LogP contribution in [0.5, 0.6) is 11.5 Å². The Morgan fingerprint density at radius 2 is 1.59 bits per heavy atom. The van der Waals surface area contributed by atoms with E-state index in [9.17, 15) is 9.59 Å². The van der Waals surface area contributed by atoms with Crippen LogP contribution in [0.15, 0.2) is 42.5 Å². The Balaban J connectivity index is 2.15. The third kappa shape index (κ3) is 5.35. The molecule has 27 heavy (non-hydrogen) atoms. The number of nitrogens with two attached hydrogens (primary N) is 1. The molecule has 0 aliphatic heterocycles. The molecule has 5 N–H and O–H groups in total.